The molecule has 8 nitrogen and oxygen atoms in total. The normalized spacial score (nSPS) is 15.6. The minimum absolute atomic E-state index is 0.193. The van der Waals surface area contributed by atoms with Crippen molar-refractivity contribution in [3.63, 3.8) is 0 Å². The lowest BCUT2D eigenvalue weighted by Crippen LogP contribution is -2.41. The lowest BCUT2D eigenvalue weighted by atomic mass is 9.83. The molecule has 0 aliphatic heterocycles. The molecule has 29 heavy (non-hydrogen) atoms. The van der Waals surface area contributed by atoms with Gasteiger partial charge >= 0.3 is 5.97 Å². The number of amides is 1. The van der Waals surface area contributed by atoms with Crippen LogP contribution in [0.25, 0.3) is 0 Å². The summed E-state index contributed by atoms with van der Waals surface area (Å²) in [5.41, 5.74) is 2.63. The number of thiophene rings is 1. The van der Waals surface area contributed by atoms with Gasteiger partial charge in [-0.1, -0.05) is 35.0 Å². The lowest BCUT2D eigenvalue weighted by Gasteiger charge is -2.22. The van der Waals surface area contributed by atoms with Crippen LogP contribution < -0.4 is 15.1 Å². The first-order valence-corrected chi connectivity index (χ1v) is 9.98. The van der Waals surface area contributed by atoms with E-state index >= 15 is 0 Å². The number of methoxy groups -OCH3 is 1. The highest BCUT2D eigenvalue weighted by atomic mass is 32.1. The molecule has 150 valence electrons. The van der Waals surface area contributed by atoms with Crippen LogP contribution in [-0.2, 0) is 28.9 Å². The van der Waals surface area contributed by atoms with Gasteiger partial charge in [-0.2, -0.15) is 0 Å². The van der Waals surface area contributed by atoms with Crippen LogP contribution in [0.2, 0.25) is 0 Å². The fraction of sp³-hybridized carbons (Fsp3) is 0.300. The molecule has 2 aromatic heterocycles. The molecule has 0 saturated carbocycles. The Kier molecular flexibility index (Phi) is 5.30. The first-order valence-electron chi connectivity index (χ1n) is 9.16. The summed E-state index contributed by atoms with van der Waals surface area (Å²) in [4.78, 5) is 25.9. The number of carbonyl (C=O) groups excluding carboxylic acids is 2. The lowest BCUT2D eigenvalue weighted by molar-refractivity contribution is -0.750. The molecular formula is C20H19N3O5S. The van der Waals surface area contributed by atoms with E-state index in [-0.39, 0.29) is 6.54 Å². The number of benzene rings is 1. The topological polar surface area (TPSA) is 108 Å². The first-order chi connectivity index (χ1) is 14.0. The Morgan fingerprint density at radius 3 is 2.86 bits per heavy atom. The van der Waals surface area contributed by atoms with E-state index in [9.17, 15) is 14.7 Å². The molecule has 1 amide bonds. The van der Waals surface area contributed by atoms with Crippen molar-refractivity contribution >= 4 is 28.2 Å². The Morgan fingerprint density at radius 2 is 2.17 bits per heavy atom. The van der Waals surface area contributed by atoms with Crippen LogP contribution in [0.3, 0.4) is 0 Å². The van der Waals surface area contributed by atoms with Crippen LogP contribution >= 0.6 is 11.3 Å². The quantitative estimate of drug-likeness (QED) is 0.505. The number of nitrogens with one attached hydrogen (secondary N) is 1. The molecule has 4 rings (SSSR count). The molecular weight excluding hydrogens is 394 g/mol. The Bertz CT molecular complexity index is 1040. The van der Waals surface area contributed by atoms with E-state index in [1.165, 1.54) is 24.0 Å². The number of ether oxygens (including phenoxy) is 1. The summed E-state index contributed by atoms with van der Waals surface area (Å²) in [5, 5.41) is 17.7. The molecule has 1 atom stereocenters. The van der Waals surface area contributed by atoms with Crippen molar-refractivity contribution in [3.8, 4) is 5.95 Å². The van der Waals surface area contributed by atoms with E-state index in [1.807, 2.05) is 18.2 Å². The van der Waals surface area contributed by atoms with Crippen LogP contribution in [0.15, 0.2) is 41.1 Å². The molecule has 2 heterocycles. The molecule has 1 unspecified atom stereocenters. The van der Waals surface area contributed by atoms with Crippen molar-refractivity contribution in [2.24, 2.45) is 0 Å². The highest BCUT2D eigenvalue weighted by Crippen LogP contribution is 2.42. The minimum Gasteiger partial charge on any atom is -0.539 e. The SMILES string of the molecule is COC(=O)c1c(NC(=O)C[n+]2cc([O-])on2)sc2c1CCC(c1ccccc1)C2. The van der Waals surface area contributed by atoms with E-state index in [0.29, 0.717) is 16.5 Å². The van der Waals surface area contributed by atoms with Crippen LogP contribution in [0.1, 0.15) is 38.7 Å². The summed E-state index contributed by atoms with van der Waals surface area (Å²) in [7, 11) is 1.33. The first kappa shape index (κ1) is 19.1. The van der Waals surface area contributed by atoms with Crippen molar-refractivity contribution in [2.75, 3.05) is 12.4 Å². The molecule has 3 aromatic rings. The maximum Gasteiger partial charge on any atom is 0.341 e. The summed E-state index contributed by atoms with van der Waals surface area (Å²) in [5.74, 6) is -1.14. The molecule has 9 heteroatoms. The van der Waals surface area contributed by atoms with Gasteiger partial charge in [-0.3, -0.25) is 4.79 Å². The van der Waals surface area contributed by atoms with Gasteiger partial charge in [-0.15, -0.1) is 11.3 Å². The largest absolute Gasteiger partial charge is 0.539 e. The van der Waals surface area contributed by atoms with Gasteiger partial charge in [-0.25, -0.2) is 4.79 Å². The third-order valence-electron chi connectivity index (χ3n) is 4.97. The van der Waals surface area contributed by atoms with Gasteiger partial charge in [0.1, 0.15) is 10.9 Å². The number of hydrogen-bond donors (Lipinski definition) is 1. The Balaban J connectivity index is 1.58. The number of fused-ring (bicyclic) bond motifs is 1. The average Bonchev–Trinajstić information content (AvgIpc) is 3.29. The fourth-order valence-corrected chi connectivity index (χ4v) is 4.98. The van der Waals surface area contributed by atoms with Gasteiger partial charge < -0.3 is 19.7 Å². The number of hydrogen-bond acceptors (Lipinski definition) is 7. The maximum absolute atomic E-state index is 12.4. The zero-order valence-corrected chi connectivity index (χ0v) is 16.5. The fourth-order valence-electron chi connectivity index (χ4n) is 3.65. The smallest absolute Gasteiger partial charge is 0.341 e. The van der Waals surface area contributed by atoms with Crippen LogP contribution in [0.4, 0.5) is 5.00 Å². The van der Waals surface area contributed by atoms with Gasteiger partial charge in [0.15, 0.2) is 0 Å². The second-order valence-electron chi connectivity index (χ2n) is 6.82. The third kappa shape index (κ3) is 4.00. The van der Waals surface area contributed by atoms with Crippen molar-refractivity contribution in [1.82, 2.24) is 5.27 Å². The minimum atomic E-state index is -0.633. The summed E-state index contributed by atoms with van der Waals surface area (Å²) in [6.45, 7) is -0.193. The number of nitrogens with zero attached hydrogens (tertiary/aromatic N) is 2. The number of rotatable bonds is 5. The Morgan fingerprint density at radius 1 is 1.38 bits per heavy atom. The molecule has 0 bridgehead atoms. The van der Waals surface area contributed by atoms with E-state index < -0.39 is 17.8 Å². The Hall–Kier alpha value is -3.20. The van der Waals surface area contributed by atoms with E-state index in [1.54, 1.807) is 0 Å². The van der Waals surface area contributed by atoms with Crippen molar-refractivity contribution in [2.45, 2.75) is 31.7 Å². The summed E-state index contributed by atoms with van der Waals surface area (Å²) >= 11 is 1.40. The second kappa shape index (κ2) is 8.04. The number of anilines is 1. The van der Waals surface area contributed by atoms with E-state index in [4.69, 9.17) is 4.74 Å². The molecule has 1 N–H and O–H groups in total. The Labute approximate surface area is 170 Å². The van der Waals surface area contributed by atoms with Crippen molar-refractivity contribution in [1.29, 1.82) is 0 Å². The molecule has 0 saturated heterocycles. The number of esters is 1. The predicted molar refractivity (Wildman–Crippen MR) is 102 cm³/mol. The van der Waals surface area contributed by atoms with Gasteiger partial charge in [-0.05, 0) is 36.3 Å². The standard InChI is InChI=1S/C20H19N3O5S/c1-27-20(26)18-14-8-7-13(12-5-3-2-4-6-12)9-15(14)29-19(18)21-16(24)10-23-11-17(25)28-22-23/h2-6,11,13H,7-10H2,1H3,(H-,21,22,24,25,26). The molecule has 0 fully saturated rings. The number of aromatic nitrogens is 2. The molecule has 0 radical (unpaired) electrons. The highest BCUT2D eigenvalue weighted by Gasteiger charge is 2.31. The van der Waals surface area contributed by atoms with E-state index in [0.717, 1.165) is 40.6 Å². The average molecular weight is 413 g/mol. The second-order valence-corrected chi connectivity index (χ2v) is 7.92. The zero-order chi connectivity index (χ0) is 20.4. The highest BCUT2D eigenvalue weighted by molar-refractivity contribution is 7.17. The molecule has 0 spiro atoms. The van der Waals surface area contributed by atoms with Crippen molar-refractivity contribution in [3.05, 3.63) is 58.1 Å². The monoisotopic (exact) mass is 413 g/mol. The van der Waals surface area contributed by atoms with Crippen LogP contribution in [0, 0.1) is 0 Å². The predicted octanol–water partition coefficient (Wildman–Crippen LogP) is 1.79. The molecule has 1 aliphatic carbocycles. The van der Waals surface area contributed by atoms with Gasteiger partial charge in [0, 0.05) is 4.88 Å². The van der Waals surface area contributed by atoms with E-state index in [2.05, 4.69) is 27.2 Å². The number of carbonyl (C=O) groups is 2. The van der Waals surface area contributed by atoms with Gasteiger partial charge in [0.05, 0.1) is 17.9 Å². The molecule has 1 aromatic carbocycles. The third-order valence-corrected chi connectivity index (χ3v) is 6.14. The van der Waals surface area contributed by atoms with Gasteiger partial charge in [0.2, 0.25) is 6.20 Å². The van der Waals surface area contributed by atoms with Crippen LogP contribution in [-0.4, -0.2) is 24.3 Å². The maximum atomic E-state index is 12.4. The van der Waals surface area contributed by atoms with Crippen LogP contribution in [0.5, 0.6) is 5.95 Å². The van der Waals surface area contributed by atoms with Crippen molar-refractivity contribution < 1.29 is 28.6 Å². The summed E-state index contributed by atoms with van der Waals surface area (Å²) in [6, 6.07) is 10.3. The molecule has 1 aliphatic rings. The zero-order valence-electron chi connectivity index (χ0n) is 15.7. The summed E-state index contributed by atoms with van der Waals surface area (Å²) < 4.78 is 10.5. The van der Waals surface area contributed by atoms with Gasteiger partial charge in [0.25, 0.3) is 12.5 Å². The summed E-state index contributed by atoms with van der Waals surface area (Å²) in [6.07, 6.45) is 3.56.